The van der Waals surface area contributed by atoms with Crippen molar-refractivity contribution >= 4 is 5.91 Å². The Labute approximate surface area is 189 Å². The molecular weight excluding hydrogens is 400 g/mol. The lowest BCUT2D eigenvalue weighted by atomic mass is 9.81. The highest BCUT2D eigenvalue weighted by atomic mass is 16.5. The molecule has 0 aliphatic heterocycles. The topological polar surface area (TPSA) is 93.0 Å². The molecule has 4 N–H and O–H groups in total. The highest BCUT2D eigenvalue weighted by Crippen LogP contribution is 2.30. The zero-order valence-corrected chi connectivity index (χ0v) is 18.6. The average Bonchev–Trinajstić information content (AvgIpc) is 3.35. The van der Waals surface area contributed by atoms with Crippen LogP contribution in [0.3, 0.4) is 0 Å². The molecule has 1 saturated carbocycles. The highest BCUT2D eigenvalue weighted by Gasteiger charge is 2.28. The molecular formula is C26H32N4O2. The van der Waals surface area contributed by atoms with E-state index in [9.17, 15) is 4.79 Å². The number of carbonyl (C=O) groups excluding carboxylic acids is 1. The number of rotatable bonds is 8. The fourth-order valence-corrected chi connectivity index (χ4v) is 4.46. The normalized spacial score (nSPS) is 19.3. The molecule has 3 aromatic rings. The van der Waals surface area contributed by atoms with Crippen molar-refractivity contribution in [3.63, 3.8) is 0 Å². The third-order valence-electron chi connectivity index (χ3n) is 6.44. The van der Waals surface area contributed by atoms with Gasteiger partial charge in [0.25, 0.3) is 0 Å². The lowest BCUT2D eigenvalue weighted by molar-refractivity contribution is -0.127. The second kappa shape index (κ2) is 10.5. The molecule has 1 aliphatic carbocycles. The first kappa shape index (κ1) is 22.1. The summed E-state index contributed by atoms with van der Waals surface area (Å²) < 4.78 is 5.34. The molecule has 0 unspecified atom stereocenters. The maximum absolute atomic E-state index is 13.1. The molecule has 0 radical (unpaired) electrons. The smallest absolute Gasteiger partial charge is 0.223 e. The number of aromatic nitrogens is 2. The Hall–Kier alpha value is -3.12. The van der Waals surface area contributed by atoms with Gasteiger partial charge >= 0.3 is 0 Å². The molecule has 4 rings (SSSR count). The van der Waals surface area contributed by atoms with Gasteiger partial charge < -0.3 is 20.8 Å². The van der Waals surface area contributed by atoms with Crippen LogP contribution in [0.5, 0.6) is 5.75 Å². The molecule has 168 valence electrons. The molecule has 32 heavy (non-hydrogen) atoms. The van der Waals surface area contributed by atoms with Crippen LogP contribution in [0.25, 0.3) is 11.3 Å². The summed E-state index contributed by atoms with van der Waals surface area (Å²) in [7, 11) is 1.65. The van der Waals surface area contributed by atoms with E-state index in [1.54, 1.807) is 7.11 Å². The lowest BCUT2D eigenvalue weighted by Crippen LogP contribution is -2.37. The van der Waals surface area contributed by atoms with Crippen LogP contribution in [0.2, 0.25) is 0 Å². The zero-order valence-electron chi connectivity index (χ0n) is 18.6. The first-order valence-electron chi connectivity index (χ1n) is 11.4. The van der Waals surface area contributed by atoms with Crippen molar-refractivity contribution < 1.29 is 9.53 Å². The number of imidazole rings is 1. The monoisotopic (exact) mass is 432 g/mol. The van der Waals surface area contributed by atoms with Gasteiger partial charge in [-0.2, -0.15) is 0 Å². The summed E-state index contributed by atoms with van der Waals surface area (Å²) in [5.74, 6) is 2.25. The summed E-state index contributed by atoms with van der Waals surface area (Å²) in [5, 5.41) is 3.28. The summed E-state index contributed by atoms with van der Waals surface area (Å²) >= 11 is 0. The molecule has 1 atom stereocenters. The van der Waals surface area contributed by atoms with E-state index in [0.717, 1.165) is 54.1 Å². The quantitative estimate of drug-likeness (QED) is 0.496. The predicted octanol–water partition coefficient (Wildman–Crippen LogP) is 4.25. The minimum absolute atomic E-state index is 0.0453. The Morgan fingerprint density at radius 3 is 2.66 bits per heavy atom. The molecule has 1 amide bonds. The van der Waals surface area contributed by atoms with Crippen LogP contribution in [0.15, 0.2) is 60.8 Å². The number of aromatic amines is 1. The number of hydrogen-bond donors (Lipinski definition) is 3. The van der Waals surface area contributed by atoms with E-state index in [2.05, 4.69) is 22.4 Å². The van der Waals surface area contributed by atoms with Gasteiger partial charge in [-0.1, -0.05) is 42.5 Å². The second-order valence-electron chi connectivity index (χ2n) is 8.61. The summed E-state index contributed by atoms with van der Waals surface area (Å²) in [4.78, 5) is 21.3. The lowest BCUT2D eigenvalue weighted by Gasteiger charge is -2.28. The standard InChI is InChI=1S/C26H32N4O2/c1-32-22-9-5-8-21(15-22)24-17-28-25(29-24)23(14-18-6-3-2-4-7-18)30-26(31)20-12-10-19(16-27)11-13-20/h2-9,15,17,19-20,23H,10-14,16,27H2,1H3,(H,28,29)(H,30,31)/t19?,20?,23-/m0/s1. The molecule has 1 aromatic heterocycles. The Morgan fingerprint density at radius 1 is 1.16 bits per heavy atom. The average molecular weight is 433 g/mol. The van der Waals surface area contributed by atoms with Crippen molar-refractivity contribution in [2.24, 2.45) is 17.6 Å². The largest absolute Gasteiger partial charge is 0.497 e. The number of nitrogens with one attached hydrogen (secondary N) is 2. The highest BCUT2D eigenvalue weighted by molar-refractivity contribution is 5.79. The molecule has 1 heterocycles. The van der Waals surface area contributed by atoms with Crippen molar-refractivity contribution in [3.8, 4) is 17.0 Å². The van der Waals surface area contributed by atoms with Gasteiger partial charge in [0.2, 0.25) is 5.91 Å². The van der Waals surface area contributed by atoms with Crippen LogP contribution in [0.4, 0.5) is 0 Å². The predicted molar refractivity (Wildman–Crippen MR) is 126 cm³/mol. The Bertz CT molecular complexity index is 1010. The third kappa shape index (κ3) is 5.37. The number of carbonyl (C=O) groups is 1. The zero-order chi connectivity index (χ0) is 22.3. The van der Waals surface area contributed by atoms with E-state index < -0.39 is 0 Å². The van der Waals surface area contributed by atoms with Gasteiger partial charge in [0, 0.05) is 17.7 Å². The number of nitrogens with zero attached hydrogens (tertiary/aromatic N) is 1. The van der Waals surface area contributed by atoms with E-state index in [-0.39, 0.29) is 17.9 Å². The summed E-state index contributed by atoms with van der Waals surface area (Å²) in [5.41, 5.74) is 8.77. The Kier molecular flexibility index (Phi) is 7.22. The minimum atomic E-state index is -0.225. The van der Waals surface area contributed by atoms with Gasteiger partial charge in [-0.15, -0.1) is 0 Å². The maximum Gasteiger partial charge on any atom is 0.223 e. The van der Waals surface area contributed by atoms with Gasteiger partial charge in [-0.05, 0) is 62.3 Å². The molecule has 1 fully saturated rings. The maximum atomic E-state index is 13.1. The van der Waals surface area contributed by atoms with Crippen molar-refractivity contribution in [2.45, 2.75) is 38.1 Å². The molecule has 6 nitrogen and oxygen atoms in total. The Morgan fingerprint density at radius 2 is 1.94 bits per heavy atom. The molecule has 2 aromatic carbocycles. The fourth-order valence-electron chi connectivity index (χ4n) is 4.46. The van der Waals surface area contributed by atoms with Crippen LogP contribution in [-0.4, -0.2) is 29.5 Å². The Balaban J connectivity index is 1.53. The molecule has 6 heteroatoms. The number of hydrogen-bond acceptors (Lipinski definition) is 4. The molecule has 1 aliphatic rings. The number of nitrogens with two attached hydrogens (primary N) is 1. The number of H-pyrrole nitrogens is 1. The number of methoxy groups -OCH3 is 1. The molecule has 0 bridgehead atoms. The van der Waals surface area contributed by atoms with E-state index in [4.69, 9.17) is 15.5 Å². The number of amides is 1. The van der Waals surface area contributed by atoms with Gasteiger partial charge in [0.05, 0.1) is 18.8 Å². The van der Waals surface area contributed by atoms with Gasteiger partial charge in [-0.3, -0.25) is 4.79 Å². The van der Waals surface area contributed by atoms with Crippen molar-refractivity contribution in [1.29, 1.82) is 0 Å². The second-order valence-corrected chi connectivity index (χ2v) is 8.61. The van der Waals surface area contributed by atoms with Crippen molar-refractivity contribution in [3.05, 3.63) is 72.2 Å². The van der Waals surface area contributed by atoms with Crippen molar-refractivity contribution in [2.75, 3.05) is 13.7 Å². The van der Waals surface area contributed by atoms with Crippen LogP contribution < -0.4 is 15.8 Å². The van der Waals surface area contributed by atoms with E-state index in [0.29, 0.717) is 18.9 Å². The minimum Gasteiger partial charge on any atom is -0.497 e. The van der Waals surface area contributed by atoms with Crippen LogP contribution in [-0.2, 0) is 11.2 Å². The number of ether oxygens (including phenoxy) is 1. The first-order chi connectivity index (χ1) is 15.7. The van der Waals surface area contributed by atoms with Crippen LogP contribution in [0.1, 0.15) is 43.1 Å². The number of benzene rings is 2. The summed E-state index contributed by atoms with van der Waals surface area (Å²) in [6.07, 6.45) is 6.42. The van der Waals surface area contributed by atoms with Crippen LogP contribution in [0, 0.1) is 11.8 Å². The van der Waals surface area contributed by atoms with Gasteiger partial charge in [0.15, 0.2) is 0 Å². The summed E-state index contributed by atoms with van der Waals surface area (Å²) in [6.45, 7) is 0.713. The van der Waals surface area contributed by atoms with E-state index >= 15 is 0 Å². The first-order valence-corrected chi connectivity index (χ1v) is 11.4. The SMILES string of the molecule is COc1cccc(-c2c[nH]c([C@H](Cc3ccccc3)NC(=O)C3CCC(CN)CC3)n2)c1. The van der Waals surface area contributed by atoms with Gasteiger partial charge in [-0.25, -0.2) is 4.98 Å². The molecule has 0 spiro atoms. The van der Waals surface area contributed by atoms with Gasteiger partial charge in [0.1, 0.15) is 11.6 Å². The van der Waals surface area contributed by atoms with E-state index in [1.165, 1.54) is 0 Å². The van der Waals surface area contributed by atoms with E-state index in [1.807, 2.05) is 48.7 Å². The van der Waals surface area contributed by atoms with Crippen molar-refractivity contribution in [1.82, 2.24) is 15.3 Å². The third-order valence-corrected chi connectivity index (χ3v) is 6.44. The van der Waals surface area contributed by atoms with Crippen LogP contribution >= 0.6 is 0 Å². The molecule has 0 saturated heterocycles. The fraction of sp³-hybridized carbons (Fsp3) is 0.385. The summed E-state index contributed by atoms with van der Waals surface area (Å²) in [6, 6.07) is 17.8.